The Morgan fingerprint density at radius 3 is 1.94 bits per heavy atom. The Hall–Kier alpha value is -4.57. The Labute approximate surface area is 317 Å². The molecule has 14 N–H and O–H groups in total. The number of rotatable bonds is 26. The number of hydrogen-bond donors (Lipinski definition) is 13. The molecule has 0 aliphatic heterocycles. The average molecular weight is 788 g/mol. The fraction of sp³-hybridized carbons (Fsp3) is 0.645. The monoisotopic (exact) mass is 787 g/mol. The van der Waals surface area contributed by atoms with Crippen molar-refractivity contribution >= 4 is 71.8 Å². The van der Waals surface area contributed by atoms with E-state index in [-0.39, 0.29) is 50.4 Å². The number of carbonyl (C=O) groups is 7. The van der Waals surface area contributed by atoms with Gasteiger partial charge in [-0.15, -0.1) is 0 Å². The zero-order valence-electron chi connectivity index (χ0n) is 30.0. The maximum atomic E-state index is 13.8. The molecule has 1 heterocycles. The zero-order chi connectivity index (χ0) is 40.1. The van der Waals surface area contributed by atoms with Crippen LogP contribution in [0.2, 0.25) is 0 Å². The summed E-state index contributed by atoms with van der Waals surface area (Å²) in [5.74, 6) is -6.92. The topological polar surface area (TPSA) is 337 Å². The number of thioether (sulfide) groups is 1. The van der Waals surface area contributed by atoms with Crippen LogP contribution in [0.4, 0.5) is 0 Å². The number of H-pyrrole nitrogens is 1. The molecule has 0 radical (unpaired) electrons. The first kappa shape index (κ1) is 46.5. The summed E-state index contributed by atoms with van der Waals surface area (Å²) in [5, 5.41) is 41.6. The molecular weight excluding hydrogens is 735 g/mol. The fourth-order valence-electron chi connectivity index (χ4n) is 4.78. The highest BCUT2D eigenvalue weighted by molar-refractivity contribution is 7.98. The summed E-state index contributed by atoms with van der Waals surface area (Å²) in [4.78, 5) is 97.0. The van der Waals surface area contributed by atoms with Crippen LogP contribution in [0.25, 0.3) is 0 Å². The molecule has 7 atom stereocenters. The third-order valence-electron chi connectivity index (χ3n) is 8.05. The molecule has 0 unspecified atom stereocenters. The average Bonchev–Trinajstić information content (AvgIpc) is 3.63. The highest BCUT2D eigenvalue weighted by Gasteiger charge is 2.34. The third-order valence-corrected chi connectivity index (χ3v) is 9.09. The normalized spacial score (nSPS) is 14.9. The van der Waals surface area contributed by atoms with Crippen molar-refractivity contribution in [2.24, 2.45) is 17.4 Å². The van der Waals surface area contributed by atoms with Gasteiger partial charge in [0, 0.05) is 31.3 Å². The summed E-state index contributed by atoms with van der Waals surface area (Å²) in [6, 6.07) is -7.58. The number of nitrogens with zero attached hydrogens (tertiary/aromatic N) is 1. The van der Waals surface area contributed by atoms with E-state index in [9.17, 15) is 43.8 Å². The van der Waals surface area contributed by atoms with Crippen LogP contribution in [-0.4, -0.2) is 128 Å². The van der Waals surface area contributed by atoms with E-state index < -0.39 is 90.1 Å². The van der Waals surface area contributed by atoms with Crippen molar-refractivity contribution in [1.29, 1.82) is 5.41 Å². The van der Waals surface area contributed by atoms with Gasteiger partial charge in [-0.05, 0) is 43.6 Å². The lowest BCUT2D eigenvalue weighted by molar-refractivity contribution is -0.144. The number of carboxylic acid groups (broad SMARTS) is 2. The van der Waals surface area contributed by atoms with Gasteiger partial charge in [0.1, 0.15) is 30.2 Å². The standard InChI is InChI=1S/C31H53N11O9S2/c1-4-16(2)24(30(50)51)42-29(49)22(12-17-13-35-15-37-17)41-28(48)21(9-11-53-3)40-26(46)19(6-5-10-36-31(33)34)39-27(47)20(7-8-23(43)44)38-25(45)18(32)14-52/h13,15-16,18-22,24,52H,4-12,14,32H2,1-3H3,(H,35,37)(H,38,45)(H,39,47)(H,40,46)(H,41,48)(H,42,49)(H,43,44)(H,50,51)(H4,33,34,36)/t16-,18-,19-,20-,21-,22-,24-/m0/s1. The lowest BCUT2D eigenvalue weighted by atomic mass is 9.98. The second-order valence-electron chi connectivity index (χ2n) is 12.2. The number of carbonyl (C=O) groups excluding carboxylic acids is 5. The Balaban J connectivity index is 3.36. The van der Waals surface area contributed by atoms with Crippen LogP contribution in [0.5, 0.6) is 0 Å². The molecule has 20 nitrogen and oxygen atoms in total. The van der Waals surface area contributed by atoms with Crippen molar-refractivity contribution in [3.8, 4) is 0 Å². The summed E-state index contributed by atoms with van der Waals surface area (Å²) in [6.07, 6.45) is 4.42. The first-order valence-electron chi connectivity index (χ1n) is 16.9. The van der Waals surface area contributed by atoms with E-state index in [1.54, 1.807) is 20.1 Å². The number of thiol groups is 1. The second-order valence-corrected chi connectivity index (χ2v) is 13.6. The minimum absolute atomic E-state index is 0.0408. The van der Waals surface area contributed by atoms with E-state index in [0.717, 1.165) is 0 Å². The minimum atomic E-state index is -1.39. The van der Waals surface area contributed by atoms with Crippen LogP contribution in [0.3, 0.4) is 0 Å². The number of amides is 5. The molecule has 1 aromatic rings. The van der Waals surface area contributed by atoms with Crippen molar-refractivity contribution in [3.63, 3.8) is 0 Å². The molecule has 1 rings (SSSR count). The molecular formula is C31H53N11O9S2. The number of nitrogens with one attached hydrogen (secondary N) is 8. The zero-order valence-corrected chi connectivity index (χ0v) is 31.7. The van der Waals surface area contributed by atoms with E-state index in [2.05, 4.69) is 54.5 Å². The minimum Gasteiger partial charge on any atom is -0.481 e. The number of aromatic amines is 1. The van der Waals surface area contributed by atoms with Gasteiger partial charge in [-0.25, -0.2) is 9.78 Å². The highest BCUT2D eigenvalue weighted by atomic mass is 32.2. The van der Waals surface area contributed by atoms with Crippen LogP contribution in [0.1, 0.15) is 58.1 Å². The second kappa shape index (κ2) is 24.6. The summed E-state index contributed by atoms with van der Waals surface area (Å²) in [7, 11) is 0. The fourth-order valence-corrected chi connectivity index (χ4v) is 5.41. The van der Waals surface area contributed by atoms with Crippen molar-refractivity contribution in [2.75, 3.05) is 24.3 Å². The van der Waals surface area contributed by atoms with E-state index in [1.807, 2.05) is 0 Å². The first-order chi connectivity index (χ1) is 25.0. The number of guanidine groups is 1. The molecule has 5 amide bonds. The molecule has 0 aliphatic carbocycles. The molecule has 53 heavy (non-hydrogen) atoms. The Morgan fingerprint density at radius 1 is 0.906 bits per heavy atom. The van der Waals surface area contributed by atoms with Crippen molar-refractivity contribution < 1.29 is 43.8 Å². The Kier molecular flexibility index (Phi) is 21.6. The van der Waals surface area contributed by atoms with Crippen molar-refractivity contribution in [2.45, 2.75) is 95.0 Å². The largest absolute Gasteiger partial charge is 0.481 e. The van der Waals surface area contributed by atoms with E-state index in [1.165, 1.54) is 24.3 Å². The summed E-state index contributed by atoms with van der Waals surface area (Å²) < 4.78 is 0. The number of carboxylic acids is 2. The van der Waals surface area contributed by atoms with Crippen molar-refractivity contribution in [3.05, 3.63) is 18.2 Å². The molecule has 0 saturated carbocycles. The van der Waals surface area contributed by atoms with Gasteiger partial charge in [-0.3, -0.25) is 34.2 Å². The molecule has 22 heteroatoms. The maximum absolute atomic E-state index is 13.8. The van der Waals surface area contributed by atoms with Gasteiger partial charge >= 0.3 is 11.9 Å². The van der Waals surface area contributed by atoms with E-state index in [0.29, 0.717) is 17.9 Å². The maximum Gasteiger partial charge on any atom is 0.326 e. The van der Waals surface area contributed by atoms with Gasteiger partial charge in [-0.2, -0.15) is 24.4 Å². The lowest BCUT2D eigenvalue weighted by Gasteiger charge is -2.27. The number of aromatic nitrogens is 2. The number of aliphatic carboxylic acids is 2. The number of hydrogen-bond acceptors (Lipinski definition) is 12. The van der Waals surface area contributed by atoms with Gasteiger partial charge in [0.05, 0.1) is 18.1 Å². The molecule has 298 valence electrons. The molecule has 0 aliphatic rings. The summed E-state index contributed by atoms with van der Waals surface area (Å²) >= 11 is 5.35. The first-order valence-corrected chi connectivity index (χ1v) is 18.9. The van der Waals surface area contributed by atoms with Crippen molar-refractivity contribution in [1.82, 2.24) is 41.9 Å². The Bertz CT molecular complexity index is 1390. The molecule has 0 fully saturated rings. The van der Waals surface area contributed by atoms with E-state index in [4.69, 9.17) is 16.9 Å². The summed E-state index contributed by atoms with van der Waals surface area (Å²) in [5.41, 5.74) is 11.5. The third kappa shape index (κ3) is 17.7. The van der Waals surface area contributed by atoms with Crippen LogP contribution in [0, 0.1) is 11.3 Å². The smallest absolute Gasteiger partial charge is 0.326 e. The summed E-state index contributed by atoms with van der Waals surface area (Å²) in [6.45, 7) is 3.58. The van der Waals surface area contributed by atoms with Gasteiger partial charge in [-0.1, -0.05) is 20.3 Å². The van der Waals surface area contributed by atoms with Gasteiger partial charge in [0.2, 0.25) is 29.5 Å². The van der Waals surface area contributed by atoms with Gasteiger partial charge in [0.25, 0.3) is 0 Å². The molecule has 0 bridgehead atoms. The van der Waals surface area contributed by atoms with Gasteiger partial charge < -0.3 is 58.6 Å². The SMILES string of the molecule is CC[C@H](C)[C@H](NC(=O)[C@H](Cc1c[nH]cn1)NC(=O)[C@H](CCSC)NC(=O)[C@H](CCCNC(=N)N)NC(=O)[C@H](CCC(=O)O)NC(=O)[C@@H](N)CS)C(=O)O. The van der Waals surface area contributed by atoms with Crippen LogP contribution >= 0.6 is 24.4 Å². The van der Waals surface area contributed by atoms with Crippen LogP contribution in [0.15, 0.2) is 12.5 Å². The predicted octanol–water partition coefficient (Wildman–Crippen LogP) is -2.35. The predicted molar refractivity (Wildman–Crippen MR) is 200 cm³/mol. The van der Waals surface area contributed by atoms with Crippen LogP contribution in [-0.2, 0) is 40.0 Å². The van der Waals surface area contributed by atoms with Gasteiger partial charge in [0.15, 0.2) is 5.96 Å². The number of nitrogens with two attached hydrogens (primary N) is 2. The van der Waals surface area contributed by atoms with Crippen LogP contribution < -0.4 is 43.4 Å². The molecule has 0 aromatic carbocycles. The molecule has 0 spiro atoms. The van der Waals surface area contributed by atoms with E-state index >= 15 is 0 Å². The Morgan fingerprint density at radius 2 is 1.45 bits per heavy atom. The lowest BCUT2D eigenvalue weighted by Crippen LogP contribution is -2.60. The quantitative estimate of drug-likeness (QED) is 0.0202. The number of imidazole rings is 1. The highest BCUT2D eigenvalue weighted by Crippen LogP contribution is 2.11. The molecule has 1 aromatic heterocycles. The molecule has 0 saturated heterocycles.